The van der Waals surface area contributed by atoms with E-state index in [1.54, 1.807) is 77.1 Å². The molecular weight excluding hydrogens is 1470 g/mol. The number of nitrogens with zero attached hydrogens (tertiary/aromatic N) is 4. The Morgan fingerprint density at radius 1 is 0.732 bits per heavy atom. The first-order valence-corrected chi connectivity index (χ1v) is 39.9. The van der Waals surface area contributed by atoms with Crippen LogP contribution in [0.4, 0.5) is 20.1 Å². The molecule has 2 aromatic carbocycles. The number of thioether (sulfide) groups is 1. The Hall–Kier alpha value is -8.95. The Balaban J connectivity index is 1.15. The van der Waals surface area contributed by atoms with Crippen LogP contribution >= 0.6 is 11.8 Å². The third-order valence-corrected chi connectivity index (χ3v) is 22.6. The highest BCUT2D eigenvalue weighted by molar-refractivity contribution is 8.00. The number of primary amides is 1. The Morgan fingerprint density at radius 2 is 1.39 bits per heavy atom. The minimum atomic E-state index is -1.14. The fourth-order valence-corrected chi connectivity index (χ4v) is 15.9. The minimum absolute atomic E-state index is 0.0187. The highest BCUT2D eigenvalue weighted by Gasteiger charge is 2.49. The van der Waals surface area contributed by atoms with Crippen LogP contribution in [0.1, 0.15) is 173 Å². The van der Waals surface area contributed by atoms with Crippen LogP contribution in [-0.4, -0.2) is 248 Å². The molecular formula is C79H123N13O19S. The first-order valence-electron chi connectivity index (χ1n) is 38.9. The van der Waals surface area contributed by atoms with Gasteiger partial charge in [-0.2, -0.15) is 0 Å². The highest BCUT2D eigenvalue weighted by Crippen LogP contribution is 2.52. The third-order valence-electron chi connectivity index (χ3n) is 21.0. The molecule has 2 aliphatic heterocycles. The molecule has 3 unspecified atom stereocenters. The van der Waals surface area contributed by atoms with E-state index >= 15 is 4.79 Å². The smallest absolute Gasteiger partial charge is 0.407 e. The topological polar surface area (TPSA) is 431 Å². The van der Waals surface area contributed by atoms with Gasteiger partial charge in [-0.15, -0.1) is 11.8 Å². The zero-order valence-corrected chi connectivity index (χ0v) is 68.9. The number of aliphatic carboxylic acids is 1. The van der Waals surface area contributed by atoms with Gasteiger partial charge < -0.3 is 82.1 Å². The molecule has 12 atom stereocenters. The number of nitrogens with one attached hydrogen (secondary N) is 8. The van der Waals surface area contributed by atoms with Gasteiger partial charge >= 0.3 is 24.2 Å². The summed E-state index contributed by atoms with van der Waals surface area (Å²) in [6, 6.07) is 5.78. The number of nitrogens with two attached hydrogens (primary N) is 1. The lowest BCUT2D eigenvalue weighted by Crippen LogP contribution is -2.59. The summed E-state index contributed by atoms with van der Waals surface area (Å²) in [5.41, 5.74) is 7.97. The van der Waals surface area contributed by atoms with E-state index in [0.29, 0.717) is 48.3 Å². The van der Waals surface area contributed by atoms with Gasteiger partial charge in [-0.3, -0.25) is 62.5 Å². The molecule has 2 aromatic rings. The molecule has 5 rings (SSSR count). The second-order valence-corrected chi connectivity index (χ2v) is 32.4. The van der Waals surface area contributed by atoms with Crippen LogP contribution in [0.15, 0.2) is 42.5 Å². The van der Waals surface area contributed by atoms with Crippen molar-refractivity contribution >= 4 is 101 Å². The lowest BCUT2D eigenvalue weighted by atomic mass is 9.89. The van der Waals surface area contributed by atoms with Crippen LogP contribution in [0.25, 0.3) is 0 Å². The number of ether oxygens (including phenoxy) is 4. The number of alkyl carbamates (subject to hydrolysis) is 2. The summed E-state index contributed by atoms with van der Waals surface area (Å²) >= 11 is 1.34. The van der Waals surface area contributed by atoms with Gasteiger partial charge in [-0.05, 0) is 119 Å². The summed E-state index contributed by atoms with van der Waals surface area (Å²) < 4.78 is 23.5. The summed E-state index contributed by atoms with van der Waals surface area (Å²) in [5.74, 6) is -6.49. The summed E-state index contributed by atoms with van der Waals surface area (Å²) in [5, 5.41) is 30.4. The van der Waals surface area contributed by atoms with Crippen molar-refractivity contribution in [1.82, 2.24) is 56.8 Å². The molecule has 2 saturated heterocycles. The first kappa shape index (κ1) is 93.6. The molecule has 112 heavy (non-hydrogen) atoms. The van der Waals surface area contributed by atoms with Gasteiger partial charge in [0.25, 0.3) is 0 Å². The van der Waals surface area contributed by atoms with E-state index in [9.17, 15) is 67.4 Å². The van der Waals surface area contributed by atoms with Crippen LogP contribution in [0.5, 0.6) is 0 Å². The van der Waals surface area contributed by atoms with Crippen molar-refractivity contribution in [2.45, 2.75) is 226 Å². The molecule has 0 aromatic heterocycles. The predicted molar refractivity (Wildman–Crippen MR) is 421 cm³/mol. The van der Waals surface area contributed by atoms with Gasteiger partial charge in [-0.1, -0.05) is 111 Å². The number of carbonyl (C=O) groups is 14. The number of likely N-dealkylation sites (N-methyl/N-ethyl adjacent to an activating group) is 2. The number of imide groups is 1. The number of aryl methyl sites for hydroxylation is 2. The van der Waals surface area contributed by atoms with Crippen molar-refractivity contribution < 1.29 is 91.2 Å². The largest absolute Gasteiger partial charge is 0.481 e. The molecule has 33 heteroatoms. The number of methoxy groups -OCH3 is 2. The number of hydrogen-bond donors (Lipinski definition) is 10. The predicted octanol–water partition coefficient (Wildman–Crippen LogP) is 5.57. The molecule has 0 bridgehead atoms. The lowest BCUT2D eigenvalue weighted by molar-refractivity contribution is -0.148. The third kappa shape index (κ3) is 28.6. The van der Waals surface area contributed by atoms with Crippen LogP contribution in [0.2, 0.25) is 0 Å². The Kier molecular flexibility index (Phi) is 37.7. The van der Waals surface area contributed by atoms with Gasteiger partial charge in [0, 0.05) is 83.7 Å². The Labute approximate surface area is 662 Å². The van der Waals surface area contributed by atoms with E-state index in [1.165, 1.54) is 35.8 Å². The van der Waals surface area contributed by atoms with Gasteiger partial charge in [0.05, 0.1) is 67.4 Å². The Morgan fingerprint density at radius 3 is 1.97 bits per heavy atom. The van der Waals surface area contributed by atoms with Crippen molar-refractivity contribution in [3.8, 4) is 0 Å². The number of carbonyl (C=O) groups excluding carboxylic acids is 13. The maximum atomic E-state index is 15.0. The normalized spacial score (nSPS) is 18.3. The van der Waals surface area contributed by atoms with E-state index < -0.39 is 125 Å². The summed E-state index contributed by atoms with van der Waals surface area (Å²) in [6.45, 7) is 19.7. The summed E-state index contributed by atoms with van der Waals surface area (Å²) in [6.07, 6.45) is -0.827. The summed E-state index contributed by atoms with van der Waals surface area (Å²) in [7, 11) is 8.10. The maximum absolute atomic E-state index is 15.0. The van der Waals surface area contributed by atoms with Crippen molar-refractivity contribution in [1.29, 1.82) is 0 Å². The molecule has 1 saturated carbocycles. The van der Waals surface area contributed by atoms with Gasteiger partial charge in [0.15, 0.2) is 5.78 Å². The number of urea groups is 1. The van der Waals surface area contributed by atoms with Gasteiger partial charge in [0.1, 0.15) is 30.8 Å². The molecule has 11 N–H and O–H groups in total. The van der Waals surface area contributed by atoms with Crippen molar-refractivity contribution in [2.75, 3.05) is 85.7 Å². The monoisotopic (exact) mass is 1590 g/mol. The minimum Gasteiger partial charge on any atom is -0.481 e. The Bertz CT molecular complexity index is 3570. The maximum Gasteiger partial charge on any atom is 0.407 e. The zero-order valence-electron chi connectivity index (χ0n) is 68.1. The molecule has 3 fully saturated rings. The molecule has 1 aliphatic carbocycles. The van der Waals surface area contributed by atoms with E-state index in [0.717, 1.165) is 24.0 Å². The number of unbranched alkanes of at least 4 members (excludes halogenated alkanes) is 2. The quantitative estimate of drug-likeness (QED) is 0.0220. The molecule has 0 spiro atoms. The average Bonchev–Trinajstić information content (AvgIpc) is 1.58. The second kappa shape index (κ2) is 45.1. The molecule has 3 aliphatic rings. The number of ketones is 1. The fraction of sp³-hybridized carbons (Fsp3) is 0.671. The van der Waals surface area contributed by atoms with Gasteiger partial charge in [0.2, 0.25) is 53.2 Å². The SMILES string of the molecule is CC[C@H](C)C([C@@H](CC(=O)N1C[C@@H](OC(=O)NCCNC(=O)OCc2ccc(NC(=O)C(CCCNC(N)=O)NC(=O)[C@@H](NC(=O)CCCCCN3C(=O)CC(SCC4(CC(=O)O)CC4)C3=O)C(C)C)cc2)C[C@H]1[C@H](OC)[C@@H](C)C(=O)NCC(=O)c1ccc(C)cc1C)OC)N(C)C(=O)[C@@H](NC(=O)[C@H](C(C)C)N(C)C)C(C)C. The molecule has 2 heterocycles. The van der Waals surface area contributed by atoms with Crippen molar-refractivity contribution in [2.24, 2.45) is 40.7 Å². The van der Waals surface area contributed by atoms with Crippen LogP contribution in [0.3, 0.4) is 0 Å². The van der Waals surface area contributed by atoms with Crippen LogP contribution in [0, 0.1) is 48.9 Å². The lowest BCUT2D eigenvalue weighted by Gasteiger charge is -2.41. The highest BCUT2D eigenvalue weighted by atomic mass is 32.2. The number of carboxylic acids is 1. The summed E-state index contributed by atoms with van der Waals surface area (Å²) in [4.78, 5) is 193. The van der Waals surface area contributed by atoms with Crippen LogP contribution in [-0.2, 0) is 73.5 Å². The number of anilines is 1. The van der Waals surface area contributed by atoms with E-state index in [2.05, 4.69) is 42.5 Å². The molecule has 13 amide bonds. The molecule has 0 radical (unpaired) electrons. The molecule has 624 valence electrons. The number of Topliss-reactive ketones (excluding diaryl/α,β-unsaturated/α-hetero) is 1. The number of benzene rings is 2. The second-order valence-electron chi connectivity index (χ2n) is 31.2. The fourth-order valence-electron chi connectivity index (χ4n) is 14.4. The average molecular weight is 1590 g/mol. The van der Waals surface area contributed by atoms with E-state index in [1.807, 2.05) is 72.4 Å². The molecule has 32 nitrogen and oxygen atoms in total. The standard InChI is InChI=1S/C79H123N13O19S/c1-17-49(9)68(90(14)75(104)66(46(4)5)88-73(102)67(47(6)7)89(12)13)59(108-15)38-62(95)92-42-54(37-57(92)69(109-16)51(11)70(99)84-41-58(93)55-29-24-48(8)36-50(55)10)111-78(107)83-34-33-82-77(106)110-43-52-25-27-53(28-26-52)85-71(100)56(22-21-32-81-76(80)105)86-72(101)65(45(2)3)87-61(94)23-19-18-20-35-91-63(96)39-60(74(91)103)112-44-79(30-31-79)40-64(97)98/h24-29,36,45-47,49,51,54,56-57,59-60,65-69H,17-23,30-35,37-44H2,1-16H3,(H,82,106)(H,83,107)(H,84,99)(H,85,100)(H,86,101)(H,87,94)(H,88,102)(H,97,98)(H3,80,81,105)/t49-,51+,54-,56?,57-,59+,60?,65-,66-,67-,68?,69+/m0/s1. The number of likely N-dealkylation sites (tertiary alicyclic amines) is 2. The number of hydrogen-bond acceptors (Lipinski definition) is 20. The first-order chi connectivity index (χ1) is 52.9. The van der Waals surface area contributed by atoms with E-state index in [-0.39, 0.29) is 143 Å². The van der Waals surface area contributed by atoms with Gasteiger partial charge in [-0.25, -0.2) is 14.4 Å². The number of rotatable bonds is 47. The van der Waals surface area contributed by atoms with Crippen molar-refractivity contribution in [3.05, 3.63) is 64.7 Å². The zero-order chi connectivity index (χ0) is 83.4. The number of carboxylic acid groups (broad SMARTS) is 1. The number of amides is 13. The van der Waals surface area contributed by atoms with Crippen LogP contribution < -0.4 is 48.3 Å². The van der Waals surface area contributed by atoms with Crippen molar-refractivity contribution in [3.63, 3.8) is 0 Å². The van der Waals surface area contributed by atoms with E-state index in [4.69, 9.17) is 24.7 Å².